The van der Waals surface area contributed by atoms with Crippen LogP contribution in [0.5, 0.6) is 0 Å². The molecule has 0 fully saturated rings. The van der Waals surface area contributed by atoms with E-state index in [9.17, 15) is 18.0 Å². The Hall–Kier alpha value is -3.59. The predicted molar refractivity (Wildman–Crippen MR) is 121 cm³/mol. The highest BCUT2D eigenvalue weighted by Crippen LogP contribution is 2.22. The lowest BCUT2D eigenvalue weighted by atomic mass is 10.1. The zero-order valence-electron chi connectivity index (χ0n) is 18.1. The van der Waals surface area contributed by atoms with Crippen molar-refractivity contribution in [3.8, 4) is 0 Å². The number of carbonyl (C=O) groups excluding carboxylic acids is 2. The second-order valence-corrected chi connectivity index (χ2v) is 9.08. The smallest absolute Gasteiger partial charge is 0.261 e. The fourth-order valence-corrected chi connectivity index (χ4v) is 4.13. The van der Waals surface area contributed by atoms with Gasteiger partial charge in [-0.2, -0.15) is 0 Å². The summed E-state index contributed by atoms with van der Waals surface area (Å²) >= 11 is 0. The number of nitrogens with zero attached hydrogens (tertiary/aromatic N) is 1. The highest BCUT2D eigenvalue weighted by atomic mass is 32.2. The third-order valence-corrected chi connectivity index (χ3v) is 6.41. The van der Waals surface area contributed by atoms with Crippen molar-refractivity contribution in [2.75, 3.05) is 18.3 Å². The molecule has 3 aromatic rings. The van der Waals surface area contributed by atoms with Gasteiger partial charge in [-0.25, -0.2) is 8.42 Å². The zero-order chi connectivity index (χ0) is 23.3. The first-order chi connectivity index (χ1) is 15.2. The minimum Gasteiger partial charge on any atom is -0.467 e. The zero-order valence-corrected chi connectivity index (χ0v) is 18.9. The van der Waals surface area contributed by atoms with Crippen LogP contribution in [0.3, 0.4) is 0 Å². The standard InChI is InChI=1S/C23H25N3O5S/c1-16-6-4-8-21(17(16)2)25-32(29,30)20-11-9-18(10-12-20)23(28)26(3)15-22(27)24-14-19-7-5-13-31-19/h4-13,25H,14-15H2,1-3H3,(H,24,27). The lowest BCUT2D eigenvalue weighted by molar-refractivity contribution is -0.121. The molecule has 2 aromatic carbocycles. The van der Waals surface area contributed by atoms with Crippen molar-refractivity contribution in [2.45, 2.75) is 25.3 Å². The molecule has 2 amide bonds. The van der Waals surface area contributed by atoms with Crippen LogP contribution in [-0.2, 0) is 21.4 Å². The Kier molecular flexibility index (Phi) is 6.99. The summed E-state index contributed by atoms with van der Waals surface area (Å²) in [5, 5.41) is 2.67. The van der Waals surface area contributed by atoms with Gasteiger partial charge >= 0.3 is 0 Å². The van der Waals surface area contributed by atoms with E-state index in [0.717, 1.165) is 11.1 Å². The van der Waals surface area contributed by atoms with Crippen molar-refractivity contribution in [1.29, 1.82) is 0 Å². The molecule has 0 unspecified atom stereocenters. The van der Waals surface area contributed by atoms with Gasteiger partial charge in [-0.15, -0.1) is 0 Å². The van der Waals surface area contributed by atoms with Gasteiger partial charge in [0.25, 0.3) is 15.9 Å². The number of carbonyl (C=O) groups is 2. The van der Waals surface area contributed by atoms with E-state index < -0.39 is 15.9 Å². The molecule has 1 aromatic heterocycles. The molecule has 0 aliphatic rings. The molecule has 0 bridgehead atoms. The summed E-state index contributed by atoms with van der Waals surface area (Å²) < 4.78 is 33.2. The van der Waals surface area contributed by atoms with E-state index in [1.807, 2.05) is 19.9 Å². The van der Waals surface area contributed by atoms with Crippen LogP contribution < -0.4 is 10.0 Å². The van der Waals surface area contributed by atoms with Crippen molar-refractivity contribution >= 4 is 27.5 Å². The normalized spacial score (nSPS) is 11.1. The van der Waals surface area contributed by atoms with Gasteiger partial charge in [0.15, 0.2) is 0 Å². The van der Waals surface area contributed by atoms with E-state index >= 15 is 0 Å². The second kappa shape index (κ2) is 9.69. The molecule has 0 radical (unpaired) electrons. The van der Waals surface area contributed by atoms with Crippen LogP contribution >= 0.6 is 0 Å². The van der Waals surface area contributed by atoms with E-state index in [0.29, 0.717) is 11.4 Å². The molecule has 0 saturated heterocycles. The van der Waals surface area contributed by atoms with Gasteiger partial charge in [0.1, 0.15) is 5.76 Å². The number of nitrogens with one attached hydrogen (secondary N) is 2. The maximum atomic E-state index is 12.7. The Labute approximate surface area is 187 Å². The van der Waals surface area contributed by atoms with Gasteiger partial charge in [0.2, 0.25) is 5.91 Å². The summed E-state index contributed by atoms with van der Waals surface area (Å²) in [6, 6.07) is 14.4. The number of furan rings is 1. The lowest BCUT2D eigenvalue weighted by Crippen LogP contribution is -2.38. The Morgan fingerprint density at radius 1 is 1.00 bits per heavy atom. The van der Waals surface area contributed by atoms with Gasteiger partial charge in [0.05, 0.1) is 29.9 Å². The molecule has 3 rings (SSSR count). The van der Waals surface area contributed by atoms with Crippen LogP contribution in [0.15, 0.2) is 70.2 Å². The summed E-state index contributed by atoms with van der Waals surface area (Å²) in [7, 11) is -2.31. The molecule has 2 N–H and O–H groups in total. The lowest BCUT2D eigenvalue weighted by Gasteiger charge is -2.17. The molecular weight excluding hydrogens is 430 g/mol. The van der Waals surface area contributed by atoms with Crippen LogP contribution in [-0.4, -0.2) is 38.7 Å². The van der Waals surface area contributed by atoms with E-state index in [1.165, 1.54) is 42.5 Å². The summed E-state index contributed by atoms with van der Waals surface area (Å²) in [5.74, 6) is -0.127. The van der Waals surface area contributed by atoms with Crippen molar-refractivity contribution in [3.63, 3.8) is 0 Å². The molecular formula is C23H25N3O5S. The topological polar surface area (TPSA) is 109 Å². The van der Waals surface area contributed by atoms with Gasteiger partial charge in [-0.3, -0.25) is 14.3 Å². The minimum absolute atomic E-state index is 0.0359. The quantitative estimate of drug-likeness (QED) is 0.543. The average Bonchev–Trinajstić information content (AvgIpc) is 3.29. The van der Waals surface area contributed by atoms with Crippen LogP contribution in [0.25, 0.3) is 0 Å². The van der Waals surface area contributed by atoms with Crippen LogP contribution in [0.2, 0.25) is 0 Å². The first-order valence-electron chi connectivity index (χ1n) is 9.91. The van der Waals surface area contributed by atoms with E-state index in [1.54, 1.807) is 24.3 Å². The van der Waals surface area contributed by atoms with Gasteiger partial charge in [-0.1, -0.05) is 12.1 Å². The van der Waals surface area contributed by atoms with Crippen molar-refractivity contribution < 1.29 is 22.4 Å². The Bertz CT molecular complexity index is 1200. The average molecular weight is 456 g/mol. The number of hydrogen-bond donors (Lipinski definition) is 2. The van der Waals surface area contributed by atoms with E-state index in [4.69, 9.17) is 4.42 Å². The Morgan fingerprint density at radius 2 is 1.72 bits per heavy atom. The predicted octanol–water partition coefficient (Wildman–Crippen LogP) is 3.09. The molecule has 32 heavy (non-hydrogen) atoms. The van der Waals surface area contributed by atoms with Gasteiger partial charge < -0.3 is 14.6 Å². The number of benzene rings is 2. The molecule has 9 heteroatoms. The number of hydrogen-bond acceptors (Lipinski definition) is 5. The second-order valence-electron chi connectivity index (χ2n) is 7.39. The molecule has 0 aliphatic heterocycles. The van der Waals surface area contributed by atoms with Crippen LogP contribution in [0.1, 0.15) is 27.2 Å². The van der Waals surface area contributed by atoms with Crippen LogP contribution in [0.4, 0.5) is 5.69 Å². The highest BCUT2D eigenvalue weighted by molar-refractivity contribution is 7.92. The number of sulfonamides is 1. The van der Waals surface area contributed by atoms with E-state index in [-0.39, 0.29) is 29.5 Å². The fourth-order valence-electron chi connectivity index (χ4n) is 3.00. The number of rotatable bonds is 8. The number of anilines is 1. The third-order valence-electron chi connectivity index (χ3n) is 5.03. The summed E-state index contributed by atoms with van der Waals surface area (Å²) in [5.41, 5.74) is 2.60. The molecule has 0 aliphatic carbocycles. The monoisotopic (exact) mass is 455 g/mol. The van der Waals surface area contributed by atoms with E-state index in [2.05, 4.69) is 10.0 Å². The largest absolute Gasteiger partial charge is 0.467 e. The molecule has 0 atom stereocenters. The first-order valence-corrected chi connectivity index (χ1v) is 11.4. The summed E-state index contributed by atoms with van der Waals surface area (Å²) in [4.78, 5) is 26.0. The third kappa shape index (κ3) is 5.55. The maximum absolute atomic E-state index is 12.7. The van der Waals surface area contributed by atoms with Crippen molar-refractivity contribution in [1.82, 2.24) is 10.2 Å². The Balaban J connectivity index is 1.62. The van der Waals surface area contributed by atoms with Crippen molar-refractivity contribution in [2.24, 2.45) is 0 Å². The van der Waals surface area contributed by atoms with Crippen LogP contribution in [0, 0.1) is 13.8 Å². The van der Waals surface area contributed by atoms with Crippen molar-refractivity contribution in [3.05, 3.63) is 83.3 Å². The number of likely N-dealkylation sites (N-methyl/N-ethyl adjacent to an activating group) is 1. The molecule has 8 nitrogen and oxygen atoms in total. The summed E-state index contributed by atoms with van der Waals surface area (Å²) in [6.45, 7) is 3.83. The SMILES string of the molecule is Cc1cccc(NS(=O)(=O)c2ccc(C(=O)N(C)CC(=O)NCc3ccco3)cc2)c1C. The van der Waals surface area contributed by atoms with Gasteiger partial charge in [-0.05, 0) is 67.4 Å². The summed E-state index contributed by atoms with van der Waals surface area (Å²) in [6.07, 6.45) is 1.51. The highest BCUT2D eigenvalue weighted by Gasteiger charge is 2.19. The number of amides is 2. The number of aryl methyl sites for hydroxylation is 1. The molecule has 0 spiro atoms. The molecule has 168 valence electrons. The van der Waals surface area contributed by atoms with Gasteiger partial charge in [0, 0.05) is 12.6 Å². The molecule has 0 saturated carbocycles. The Morgan fingerprint density at radius 3 is 2.38 bits per heavy atom. The minimum atomic E-state index is -3.81. The first kappa shape index (κ1) is 23.1. The molecule has 1 heterocycles. The maximum Gasteiger partial charge on any atom is 0.261 e. The fraction of sp³-hybridized carbons (Fsp3) is 0.217.